The number of thiophene rings is 1. The summed E-state index contributed by atoms with van der Waals surface area (Å²) < 4.78 is 11.6. The molecule has 0 radical (unpaired) electrons. The van der Waals surface area contributed by atoms with Gasteiger partial charge in [-0.3, -0.25) is 4.90 Å². The van der Waals surface area contributed by atoms with Gasteiger partial charge in [0.15, 0.2) is 5.16 Å². The molecule has 4 heterocycles. The van der Waals surface area contributed by atoms with Crippen LogP contribution in [0.4, 0.5) is 5.82 Å². The summed E-state index contributed by atoms with van der Waals surface area (Å²) in [4.78, 5) is 14.4. The average Bonchev–Trinajstić information content (AvgIpc) is 3.06. The second-order valence-corrected chi connectivity index (χ2v) is 9.25. The number of ether oxygens (including phenoxy) is 2. The Labute approximate surface area is 169 Å². The van der Waals surface area contributed by atoms with E-state index in [1.807, 2.05) is 6.26 Å². The predicted molar refractivity (Wildman–Crippen MR) is 112 cm³/mol. The molecule has 0 saturated carbocycles. The van der Waals surface area contributed by atoms with E-state index in [4.69, 9.17) is 19.4 Å². The van der Waals surface area contributed by atoms with Gasteiger partial charge in [-0.15, -0.1) is 11.3 Å². The molecule has 0 amide bonds. The summed E-state index contributed by atoms with van der Waals surface area (Å²) >= 11 is 3.36. The van der Waals surface area contributed by atoms with Crippen molar-refractivity contribution in [2.75, 3.05) is 51.0 Å². The van der Waals surface area contributed by atoms with Crippen LogP contribution in [0.25, 0.3) is 10.2 Å². The van der Waals surface area contributed by atoms with Crippen LogP contribution in [0.2, 0.25) is 0 Å². The summed E-state index contributed by atoms with van der Waals surface area (Å²) in [5.74, 6) is 0.982. The molecule has 148 valence electrons. The number of hydrogen-bond acceptors (Lipinski definition) is 8. The number of anilines is 1. The molecule has 1 atom stereocenters. The van der Waals surface area contributed by atoms with Crippen molar-refractivity contribution in [3.63, 3.8) is 0 Å². The third-order valence-electron chi connectivity index (χ3n) is 5.57. The molecule has 2 aromatic heterocycles. The Bertz CT molecular complexity index is 807. The minimum absolute atomic E-state index is 0.0930. The Morgan fingerprint density at radius 1 is 1.30 bits per heavy atom. The minimum atomic E-state index is -0.0930. The molecule has 0 aliphatic carbocycles. The lowest BCUT2D eigenvalue weighted by atomic mass is 9.90. The molecule has 2 aliphatic rings. The lowest BCUT2D eigenvalue weighted by molar-refractivity contribution is -0.0542. The van der Waals surface area contributed by atoms with Crippen molar-refractivity contribution < 1.29 is 9.47 Å². The SMILES string of the molecule is CCC1(C)Cc2c(sc3nc(SC)nc(NCCN4CCOCC4)c23)CO1. The molecule has 4 rings (SSSR count). The first-order chi connectivity index (χ1) is 13.1. The van der Waals surface area contributed by atoms with Gasteiger partial charge in [0.2, 0.25) is 0 Å². The molecule has 1 N–H and O–H groups in total. The van der Waals surface area contributed by atoms with Gasteiger partial charge >= 0.3 is 0 Å². The van der Waals surface area contributed by atoms with Crippen molar-refractivity contribution >= 4 is 39.1 Å². The Balaban J connectivity index is 1.61. The van der Waals surface area contributed by atoms with E-state index in [-0.39, 0.29) is 5.60 Å². The number of thioether (sulfide) groups is 1. The number of hydrogen-bond donors (Lipinski definition) is 1. The van der Waals surface area contributed by atoms with Crippen LogP contribution in [0.1, 0.15) is 30.7 Å². The zero-order valence-electron chi connectivity index (χ0n) is 16.3. The fourth-order valence-electron chi connectivity index (χ4n) is 3.66. The van der Waals surface area contributed by atoms with Gasteiger partial charge in [0.25, 0.3) is 0 Å². The van der Waals surface area contributed by atoms with Gasteiger partial charge in [0, 0.05) is 37.5 Å². The van der Waals surface area contributed by atoms with E-state index in [9.17, 15) is 0 Å². The van der Waals surface area contributed by atoms with Crippen molar-refractivity contribution in [2.24, 2.45) is 0 Å². The smallest absolute Gasteiger partial charge is 0.190 e. The number of nitrogens with zero attached hydrogens (tertiary/aromatic N) is 3. The minimum Gasteiger partial charge on any atom is -0.379 e. The first-order valence-corrected chi connectivity index (χ1v) is 11.7. The van der Waals surface area contributed by atoms with E-state index in [0.717, 1.165) is 68.0 Å². The number of aromatic nitrogens is 2. The van der Waals surface area contributed by atoms with Crippen LogP contribution in [0, 0.1) is 0 Å². The topological polar surface area (TPSA) is 59.5 Å². The highest BCUT2D eigenvalue weighted by atomic mass is 32.2. The lowest BCUT2D eigenvalue weighted by Gasteiger charge is -2.33. The molecule has 0 spiro atoms. The largest absolute Gasteiger partial charge is 0.379 e. The monoisotopic (exact) mass is 408 g/mol. The van der Waals surface area contributed by atoms with Crippen molar-refractivity contribution in [1.82, 2.24) is 14.9 Å². The number of nitrogens with one attached hydrogen (secondary N) is 1. The molecule has 8 heteroatoms. The third kappa shape index (κ3) is 4.10. The molecule has 2 aromatic rings. The van der Waals surface area contributed by atoms with E-state index in [1.165, 1.54) is 15.8 Å². The van der Waals surface area contributed by atoms with Gasteiger partial charge < -0.3 is 14.8 Å². The van der Waals surface area contributed by atoms with Crippen molar-refractivity contribution in [3.05, 3.63) is 10.4 Å². The normalized spacial score (nSPS) is 23.5. The molecule has 0 bridgehead atoms. The van der Waals surface area contributed by atoms with Gasteiger partial charge in [-0.1, -0.05) is 18.7 Å². The second kappa shape index (κ2) is 8.21. The van der Waals surface area contributed by atoms with Crippen LogP contribution >= 0.6 is 23.1 Å². The fraction of sp³-hybridized carbons (Fsp3) is 0.684. The number of morpholine rings is 1. The molecule has 1 saturated heterocycles. The number of fused-ring (bicyclic) bond motifs is 3. The second-order valence-electron chi connectivity index (χ2n) is 7.39. The van der Waals surface area contributed by atoms with E-state index in [0.29, 0.717) is 6.61 Å². The third-order valence-corrected chi connectivity index (χ3v) is 7.22. The van der Waals surface area contributed by atoms with Crippen LogP contribution in [0.3, 0.4) is 0 Å². The number of rotatable bonds is 6. The van der Waals surface area contributed by atoms with Gasteiger partial charge in [-0.25, -0.2) is 9.97 Å². The van der Waals surface area contributed by atoms with E-state index < -0.39 is 0 Å². The summed E-state index contributed by atoms with van der Waals surface area (Å²) in [6.45, 7) is 10.7. The highest BCUT2D eigenvalue weighted by Gasteiger charge is 2.33. The first kappa shape index (κ1) is 19.4. The van der Waals surface area contributed by atoms with Crippen LogP contribution in [-0.2, 0) is 22.5 Å². The van der Waals surface area contributed by atoms with Crippen LogP contribution < -0.4 is 5.32 Å². The summed E-state index contributed by atoms with van der Waals surface area (Å²) in [6, 6.07) is 0. The maximum atomic E-state index is 6.15. The maximum Gasteiger partial charge on any atom is 0.190 e. The molecule has 2 aliphatic heterocycles. The molecule has 0 aromatic carbocycles. The summed E-state index contributed by atoms with van der Waals surface area (Å²) in [6.07, 6.45) is 3.97. The summed E-state index contributed by atoms with van der Waals surface area (Å²) in [5, 5.41) is 5.64. The Morgan fingerprint density at radius 3 is 2.85 bits per heavy atom. The molecule has 27 heavy (non-hydrogen) atoms. The standard InChI is InChI=1S/C19H28N4O2S2/c1-4-19(2)11-13-14(12-25-19)27-17-15(13)16(21-18(22-17)26-3)20-5-6-23-7-9-24-10-8-23/h4-12H2,1-3H3,(H,20,21,22). The van der Waals surface area contributed by atoms with Gasteiger partial charge in [-0.05, 0) is 25.2 Å². The Morgan fingerprint density at radius 2 is 2.11 bits per heavy atom. The van der Waals surface area contributed by atoms with E-state index in [2.05, 4.69) is 24.1 Å². The maximum absolute atomic E-state index is 6.15. The van der Waals surface area contributed by atoms with Crippen molar-refractivity contribution in [2.45, 2.75) is 44.1 Å². The van der Waals surface area contributed by atoms with Crippen molar-refractivity contribution in [1.29, 1.82) is 0 Å². The summed E-state index contributed by atoms with van der Waals surface area (Å²) in [5.41, 5.74) is 1.29. The molecular formula is C19H28N4O2S2. The van der Waals surface area contributed by atoms with E-state index >= 15 is 0 Å². The highest BCUT2D eigenvalue weighted by Crippen LogP contribution is 2.42. The zero-order chi connectivity index (χ0) is 18.9. The van der Waals surface area contributed by atoms with E-state index in [1.54, 1.807) is 23.1 Å². The molecule has 1 unspecified atom stereocenters. The quantitative estimate of drug-likeness (QED) is 0.581. The highest BCUT2D eigenvalue weighted by molar-refractivity contribution is 7.98. The van der Waals surface area contributed by atoms with Gasteiger partial charge in [0.05, 0.1) is 30.8 Å². The lowest BCUT2D eigenvalue weighted by Crippen LogP contribution is -2.39. The van der Waals surface area contributed by atoms with Crippen LogP contribution in [0.5, 0.6) is 0 Å². The summed E-state index contributed by atoms with van der Waals surface area (Å²) in [7, 11) is 0. The van der Waals surface area contributed by atoms with Crippen LogP contribution in [0.15, 0.2) is 5.16 Å². The molecule has 1 fully saturated rings. The van der Waals surface area contributed by atoms with Crippen molar-refractivity contribution in [3.8, 4) is 0 Å². The zero-order valence-corrected chi connectivity index (χ0v) is 18.0. The van der Waals surface area contributed by atoms with Crippen LogP contribution in [-0.4, -0.2) is 66.1 Å². The first-order valence-electron chi connectivity index (χ1n) is 9.66. The van der Waals surface area contributed by atoms with Gasteiger partial charge in [0.1, 0.15) is 10.6 Å². The Kier molecular flexibility index (Phi) is 5.89. The average molecular weight is 409 g/mol. The predicted octanol–water partition coefficient (Wildman–Crippen LogP) is 3.40. The van der Waals surface area contributed by atoms with Gasteiger partial charge in [-0.2, -0.15) is 0 Å². The fourth-order valence-corrected chi connectivity index (χ4v) is 5.18. The molecule has 6 nitrogen and oxygen atoms in total. The molecular weight excluding hydrogens is 380 g/mol. The Hall–Kier alpha value is -0.930.